The average molecular weight is 489 g/mol. The van der Waals surface area contributed by atoms with Gasteiger partial charge in [0.1, 0.15) is 23.0 Å². The van der Waals surface area contributed by atoms with E-state index >= 15 is 0 Å². The van der Waals surface area contributed by atoms with Gasteiger partial charge in [-0.25, -0.2) is 8.78 Å². The first-order chi connectivity index (χ1) is 17.3. The largest absolute Gasteiger partial charge is 0.460 e. The van der Waals surface area contributed by atoms with E-state index in [9.17, 15) is 13.6 Å². The van der Waals surface area contributed by atoms with Crippen LogP contribution in [-0.4, -0.2) is 13.1 Å². The number of halogens is 2. The van der Waals surface area contributed by atoms with Crippen LogP contribution in [0.25, 0.3) is 11.0 Å². The highest BCUT2D eigenvalue weighted by molar-refractivity contribution is 5.77. The topological polar surface area (TPSA) is 54.3 Å². The molecular weight excluding hydrogens is 458 g/mol. The fraction of sp³-hybridized carbons (Fsp3) is 0.300. The second-order valence-corrected chi connectivity index (χ2v) is 9.87. The Balaban J connectivity index is 1.50. The van der Waals surface area contributed by atoms with Crippen LogP contribution in [0.15, 0.2) is 75.9 Å². The predicted octanol–water partition coefficient (Wildman–Crippen LogP) is 5.58. The number of hydrogen-bond donors (Lipinski definition) is 2. The quantitative estimate of drug-likeness (QED) is 0.356. The van der Waals surface area contributed by atoms with Gasteiger partial charge in [0.05, 0.1) is 11.0 Å². The molecule has 0 bridgehead atoms. The fourth-order valence-corrected chi connectivity index (χ4v) is 5.25. The van der Waals surface area contributed by atoms with Crippen LogP contribution in [0.3, 0.4) is 0 Å². The molecule has 2 heterocycles. The number of hydrogen-bond acceptors (Lipinski definition) is 4. The molecule has 6 heteroatoms. The van der Waals surface area contributed by atoms with Gasteiger partial charge in [-0.3, -0.25) is 15.4 Å². The van der Waals surface area contributed by atoms with Crippen molar-refractivity contribution in [1.82, 2.24) is 10.6 Å². The highest BCUT2D eigenvalue weighted by atomic mass is 19.1. The third kappa shape index (κ3) is 4.84. The van der Waals surface area contributed by atoms with Crippen molar-refractivity contribution in [2.45, 2.75) is 38.8 Å². The predicted molar refractivity (Wildman–Crippen MR) is 138 cm³/mol. The van der Waals surface area contributed by atoms with Gasteiger partial charge in [0, 0.05) is 37.6 Å². The molecule has 0 amide bonds. The van der Waals surface area contributed by atoms with E-state index in [0.717, 1.165) is 24.2 Å². The van der Waals surface area contributed by atoms with Crippen LogP contribution in [0.4, 0.5) is 8.78 Å². The van der Waals surface area contributed by atoms with Gasteiger partial charge < -0.3 is 4.42 Å². The normalized spacial score (nSPS) is 15.9. The number of nitrogens with one attached hydrogen (secondary N) is 2. The SMILES string of the molecule is Cc1ccc(C2(CC(C)Cc3oc4cc(F)ccc4c(=O)c3Cc3ccccc3)NCCN2)cc1F. The molecule has 1 fully saturated rings. The number of benzene rings is 3. The molecule has 1 atom stereocenters. The number of rotatable bonds is 7. The van der Waals surface area contributed by atoms with Crippen LogP contribution < -0.4 is 16.1 Å². The summed E-state index contributed by atoms with van der Waals surface area (Å²) >= 11 is 0. The summed E-state index contributed by atoms with van der Waals surface area (Å²) in [6.07, 6.45) is 1.58. The summed E-state index contributed by atoms with van der Waals surface area (Å²) in [5.74, 6) is -0.0447. The van der Waals surface area contributed by atoms with Crippen molar-refractivity contribution in [3.8, 4) is 0 Å². The van der Waals surface area contributed by atoms with Gasteiger partial charge >= 0.3 is 0 Å². The molecule has 0 saturated carbocycles. The molecule has 1 aliphatic rings. The van der Waals surface area contributed by atoms with Gasteiger partial charge in [-0.15, -0.1) is 0 Å². The van der Waals surface area contributed by atoms with E-state index in [1.165, 1.54) is 18.2 Å². The summed E-state index contributed by atoms with van der Waals surface area (Å²) in [7, 11) is 0. The van der Waals surface area contributed by atoms with Gasteiger partial charge in [-0.2, -0.15) is 0 Å². The van der Waals surface area contributed by atoms with Crippen LogP contribution in [-0.2, 0) is 18.5 Å². The van der Waals surface area contributed by atoms with E-state index in [1.54, 1.807) is 19.1 Å². The monoisotopic (exact) mass is 488 g/mol. The maximum Gasteiger partial charge on any atom is 0.196 e. The lowest BCUT2D eigenvalue weighted by Gasteiger charge is -2.33. The first-order valence-electron chi connectivity index (χ1n) is 12.4. The van der Waals surface area contributed by atoms with Gasteiger partial charge in [0.2, 0.25) is 0 Å². The minimum absolute atomic E-state index is 0.0659. The Labute approximate surface area is 209 Å². The minimum Gasteiger partial charge on any atom is -0.460 e. The Morgan fingerprint density at radius 3 is 2.47 bits per heavy atom. The van der Waals surface area contributed by atoms with E-state index in [2.05, 4.69) is 17.6 Å². The Hall–Kier alpha value is -3.35. The highest BCUT2D eigenvalue weighted by Gasteiger charge is 2.37. The zero-order valence-electron chi connectivity index (χ0n) is 20.5. The Kier molecular flexibility index (Phi) is 6.73. The van der Waals surface area contributed by atoms with Gasteiger partial charge in [-0.05, 0) is 54.2 Å². The van der Waals surface area contributed by atoms with Crippen molar-refractivity contribution in [2.24, 2.45) is 5.92 Å². The molecule has 0 spiro atoms. The molecule has 1 aliphatic heterocycles. The molecule has 186 valence electrons. The van der Waals surface area contributed by atoms with Crippen LogP contribution >= 0.6 is 0 Å². The van der Waals surface area contributed by atoms with Crippen LogP contribution in [0.1, 0.15) is 41.4 Å². The third-order valence-corrected chi connectivity index (χ3v) is 7.09. The Bertz CT molecular complexity index is 1440. The minimum atomic E-state index is -0.573. The molecule has 1 aromatic heterocycles. The summed E-state index contributed by atoms with van der Waals surface area (Å²) in [5.41, 5.74) is 2.61. The van der Waals surface area contributed by atoms with Gasteiger partial charge in [0.25, 0.3) is 0 Å². The van der Waals surface area contributed by atoms with Crippen molar-refractivity contribution < 1.29 is 13.2 Å². The lowest BCUT2D eigenvalue weighted by Crippen LogP contribution is -2.47. The smallest absolute Gasteiger partial charge is 0.196 e. The molecule has 0 radical (unpaired) electrons. The number of fused-ring (bicyclic) bond motifs is 1. The van der Waals surface area contributed by atoms with E-state index in [1.807, 2.05) is 36.4 Å². The first-order valence-corrected chi connectivity index (χ1v) is 12.4. The maximum absolute atomic E-state index is 14.4. The molecule has 4 aromatic rings. The van der Waals surface area contributed by atoms with E-state index in [4.69, 9.17) is 4.42 Å². The van der Waals surface area contributed by atoms with Gasteiger partial charge in [0.15, 0.2) is 5.43 Å². The van der Waals surface area contributed by atoms with E-state index in [0.29, 0.717) is 41.5 Å². The van der Waals surface area contributed by atoms with Crippen LogP contribution in [0.5, 0.6) is 0 Å². The third-order valence-electron chi connectivity index (χ3n) is 7.09. The second kappa shape index (κ2) is 9.96. The molecule has 1 saturated heterocycles. The highest BCUT2D eigenvalue weighted by Crippen LogP contribution is 2.32. The van der Waals surface area contributed by atoms with Crippen LogP contribution in [0, 0.1) is 24.5 Å². The standard InChI is InChI=1S/C30H30F2N2O2/c1-19(18-30(33-12-13-34-30)22-9-8-20(2)26(32)16-22)14-27-25(15-21-6-4-3-5-7-21)29(35)24-11-10-23(31)17-28(24)36-27/h3-11,16-17,19,33-34H,12-15,18H2,1-2H3. The summed E-state index contributed by atoms with van der Waals surface area (Å²) < 4.78 is 34.6. The summed E-state index contributed by atoms with van der Waals surface area (Å²) in [4.78, 5) is 13.5. The first kappa shape index (κ1) is 24.3. The van der Waals surface area contributed by atoms with Gasteiger partial charge in [-0.1, -0.05) is 49.4 Å². The zero-order chi connectivity index (χ0) is 25.3. The maximum atomic E-state index is 14.4. The lowest BCUT2D eigenvalue weighted by molar-refractivity contribution is 0.259. The lowest BCUT2D eigenvalue weighted by atomic mass is 9.86. The van der Waals surface area contributed by atoms with Crippen molar-refractivity contribution >= 4 is 11.0 Å². The molecule has 0 aliphatic carbocycles. The summed E-state index contributed by atoms with van der Waals surface area (Å²) in [5, 5.41) is 7.45. The molecular formula is C30H30F2N2O2. The number of aryl methyl sites for hydroxylation is 1. The second-order valence-electron chi connectivity index (χ2n) is 9.87. The molecule has 36 heavy (non-hydrogen) atoms. The fourth-order valence-electron chi connectivity index (χ4n) is 5.25. The zero-order valence-corrected chi connectivity index (χ0v) is 20.5. The van der Waals surface area contributed by atoms with Crippen LogP contribution in [0.2, 0.25) is 0 Å². The van der Waals surface area contributed by atoms with Crippen molar-refractivity contribution in [1.29, 1.82) is 0 Å². The summed E-state index contributed by atoms with van der Waals surface area (Å²) in [6.45, 7) is 5.39. The molecule has 3 aromatic carbocycles. The molecule has 5 rings (SSSR count). The van der Waals surface area contributed by atoms with Crippen molar-refractivity contribution in [2.75, 3.05) is 13.1 Å². The molecule has 2 N–H and O–H groups in total. The van der Waals surface area contributed by atoms with E-state index < -0.39 is 11.5 Å². The Morgan fingerprint density at radius 1 is 1.00 bits per heavy atom. The molecule has 4 nitrogen and oxygen atoms in total. The van der Waals surface area contributed by atoms with E-state index in [-0.39, 0.29) is 22.7 Å². The average Bonchev–Trinajstić information content (AvgIpc) is 3.33. The van der Waals surface area contributed by atoms with Crippen molar-refractivity contribution in [3.05, 3.63) is 117 Å². The summed E-state index contributed by atoms with van der Waals surface area (Å²) in [6, 6.07) is 19.2. The molecule has 1 unspecified atom stereocenters. The van der Waals surface area contributed by atoms with Crippen molar-refractivity contribution in [3.63, 3.8) is 0 Å². The Morgan fingerprint density at radius 2 is 1.75 bits per heavy atom.